The van der Waals surface area contributed by atoms with E-state index in [0.29, 0.717) is 12.1 Å². The normalized spacial score (nSPS) is 42.7. The summed E-state index contributed by atoms with van der Waals surface area (Å²) in [5, 5.41) is 0. The van der Waals surface area contributed by atoms with Crippen LogP contribution < -0.4 is 5.73 Å². The Morgan fingerprint density at radius 3 is 2.56 bits per heavy atom. The summed E-state index contributed by atoms with van der Waals surface area (Å²) in [7, 11) is 0. The zero-order valence-corrected chi connectivity index (χ0v) is 12.0. The molecule has 2 heterocycles. The van der Waals surface area contributed by atoms with Gasteiger partial charge < -0.3 is 5.73 Å². The fraction of sp³-hybridized carbons (Fsp3) is 1.00. The largest absolute Gasteiger partial charge is 0.327 e. The van der Waals surface area contributed by atoms with Crippen LogP contribution >= 0.6 is 0 Å². The molecule has 3 heteroatoms. The van der Waals surface area contributed by atoms with Crippen molar-refractivity contribution in [3.05, 3.63) is 0 Å². The molecule has 2 aliphatic heterocycles. The van der Waals surface area contributed by atoms with E-state index in [1.807, 2.05) is 0 Å². The molecule has 3 aliphatic rings. The van der Waals surface area contributed by atoms with E-state index < -0.39 is 0 Å². The lowest BCUT2D eigenvalue weighted by Crippen LogP contribution is -2.40. The molecule has 0 radical (unpaired) electrons. The highest BCUT2D eigenvalue weighted by Crippen LogP contribution is 2.37. The zero-order chi connectivity index (χ0) is 12.7. The van der Waals surface area contributed by atoms with Crippen molar-refractivity contribution in [2.24, 2.45) is 17.6 Å². The van der Waals surface area contributed by atoms with Gasteiger partial charge in [0.05, 0.1) is 0 Å². The molecule has 0 amide bonds. The number of fused-ring (bicyclic) bond motifs is 1. The number of likely N-dealkylation sites (tertiary alicyclic amines) is 2. The first-order valence-corrected chi connectivity index (χ1v) is 7.89. The van der Waals surface area contributed by atoms with Crippen molar-refractivity contribution in [3.63, 3.8) is 0 Å². The van der Waals surface area contributed by atoms with Crippen LogP contribution in [0.3, 0.4) is 0 Å². The van der Waals surface area contributed by atoms with Gasteiger partial charge in [-0.2, -0.15) is 0 Å². The van der Waals surface area contributed by atoms with Crippen LogP contribution in [0.2, 0.25) is 0 Å². The Bertz CT molecular complexity index is 291. The molecule has 104 valence electrons. The summed E-state index contributed by atoms with van der Waals surface area (Å²) in [5.74, 6) is 1.70. The van der Waals surface area contributed by atoms with Crippen LogP contribution in [0, 0.1) is 11.8 Å². The third-order valence-corrected chi connectivity index (χ3v) is 5.62. The molecule has 18 heavy (non-hydrogen) atoms. The number of hydrogen-bond donors (Lipinski definition) is 1. The molecule has 0 aromatic heterocycles. The first kappa shape index (κ1) is 12.9. The van der Waals surface area contributed by atoms with Gasteiger partial charge in [0.25, 0.3) is 0 Å². The molecule has 0 aromatic rings. The second-order valence-corrected chi connectivity index (χ2v) is 7.00. The minimum atomic E-state index is 0.483. The van der Waals surface area contributed by atoms with Gasteiger partial charge >= 0.3 is 0 Å². The quantitative estimate of drug-likeness (QED) is 0.808. The van der Waals surface area contributed by atoms with Gasteiger partial charge in [-0.05, 0) is 44.9 Å². The molecule has 3 fully saturated rings. The average Bonchev–Trinajstić information content (AvgIpc) is 2.95. The van der Waals surface area contributed by atoms with Gasteiger partial charge in [-0.25, -0.2) is 0 Å². The van der Waals surface area contributed by atoms with Gasteiger partial charge in [-0.3, -0.25) is 9.80 Å². The van der Waals surface area contributed by atoms with Crippen LogP contribution in [0.1, 0.15) is 39.5 Å². The molecular formula is C15H29N3. The van der Waals surface area contributed by atoms with Crippen molar-refractivity contribution in [2.75, 3.05) is 26.2 Å². The molecule has 4 atom stereocenters. The molecule has 2 saturated heterocycles. The first-order valence-electron chi connectivity index (χ1n) is 7.89. The minimum absolute atomic E-state index is 0.483. The van der Waals surface area contributed by atoms with E-state index in [4.69, 9.17) is 5.73 Å². The van der Waals surface area contributed by atoms with Crippen LogP contribution in [0.5, 0.6) is 0 Å². The maximum Gasteiger partial charge on any atom is 0.0235 e. The molecular weight excluding hydrogens is 222 g/mol. The van der Waals surface area contributed by atoms with Gasteiger partial charge in [0.15, 0.2) is 0 Å². The van der Waals surface area contributed by atoms with Gasteiger partial charge in [-0.15, -0.1) is 0 Å². The summed E-state index contributed by atoms with van der Waals surface area (Å²) in [6.45, 7) is 9.83. The Kier molecular flexibility index (Phi) is 3.65. The molecule has 4 unspecified atom stereocenters. The minimum Gasteiger partial charge on any atom is -0.327 e. The van der Waals surface area contributed by atoms with Crippen molar-refractivity contribution in [2.45, 2.75) is 57.7 Å². The Labute approximate surface area is 112 Å². The van der Waals surface area contributed by atoms with Crippen LogP contribution in [0.15, 0.2) is 0 Å². The second-order valence-electron chi connectivity index (χ2n) is 7.00. The van der Waals surface area contributed by atoms with Gasteiger partial charge in [0, 0.05) is 44.3 Å². The monoisotopic (exact) mass is 251 g/mol. The number of nitrogens with zero attached hydrogens (tertiary/aromatic N) is 2. The zero-order valence-electron chi connectivity index (χ0n) is 12.0. The lowest BCUT2D eigenvalue weighted by atomic mass is 9.78. The molecule has 0 spiro atoms. The van der Waals surface area contributed by atoms with Crippen LogP contribution in [-0.2, 0) is 0 Å². The molecule has 3 rings (SSSR count). The molecule has 1 saturated carbocycles. The molecule has 2 N–H and O–H groups in total. The molecule has 3 nitrogen and oxygen atoms in total. The maximum atomic E-state index is 6.32. The Morgan fingerprint density at radius 2 is 1.89 bits per heavy atom. The van der Waals surface area contributed by atoms with Crippen molar-refractivity contribution < 1.29 is 0 Å². The number of nitrogens with two attached hydrogens (primary N) is 1. The first-order chi connectivity index (χ1) is 8.65. The van der Waals surface area contributed by atoms with E-state index >= 15 is 0 Å². The topological polar surface area (TPSA) is 32.5 Å². The lowest BCUT2D eigenvalue weighted by Gasteiger charge is -2.30. The summed E-state index contributed by atoms with van der Waals surface area (Å²) in [6.07, 6.45) is 5.42. The van der Waals surface area contributed by atoms with E-state index in [0.717, 1.165) is 17.9 Å². The molecule has 0 bridgehead atoms. The third kappa shape index (κ3) is 2.33. The summed E-state index contributed by atoms with van der Waals surface area (Å²) in [4.78, 5) is 5.40. The standard InChI is InChI=1S/C15H29N3/c1-11(2)17-7-6-13(9-17)18-8-12-4-3-5-15(16)14(12)10-18/h11-15H,3-10,16H2,1-2H3. The second kappa shape index (κ2) is 5.10. The Morgan fingerprint density at radius 1 is 1.06 bits per heavy atom. The van der Waals surface area contributed by atoms with E-state index in [9.17, 15) is 0 Å². The van der Waals surface area contributed by atoms with Crippen LogP contribution in [-0.4, -0.2) is 54.1 Å². The highest BCUT2D eigenvalue weighted by Gasteiger charge is 2.42. The average molecular weight is 251 g/mol. The lowest BCUT2D eigenvalue weighted by molar-refractivity contribution is 0.205. The molecule has 0 aromatic carbocycles. The molecule has 1 aliphatic carbocycles. The fourth-order valence-corrected chi connectivity index (χ4v) is 4.38. The highest BCUT2D eigenvalue weighted by molar-refractivity contribution is 4.97. The summed E-state index contributed by atoms with van der Waals surface area (Å²) < 4.78 is 0. The maximum absolute atomic E-state index is 6.32. The van der Waals surface area contributed by atoms with E-state index in [-0.39, 0.29) is 0 Å². The van der Waals surface area contributed by atoms with Gasteiger partial charge in [-0.1, -0.05) is 6.42 Å². The van der Waals surface area contributed by atoms with Crippen LogP contribution in [0.25, 0.3) is 0 Å². The van der Waals surface area contributed by atoms with Crippen molar-refractivity contribution in [1.29, 1.82) is 0 Å². The fourth-order valence-electron chi connectivity index (χ4n) is 4.38. The van der Waals surface area contributed by atoms with Crippen molar-refractivity contribution in [3.8, 4) is 0 Å². The summed E-state index contributed by atoms with van der Waals surface area (Å²) in [5.41, 5.74) is 6.32. The Hall–Kier alpha value is -0.120. The van der Waals surface area contributed by atoms with Crippen molar-refractivity contribution in [1.82, 2.24) is 9.80 Å². The van der Waals surface area contributed by atoms with Crippen molar-refractivity contribution >= 4 is 0 Å². The predicted molar refractivity (Wildman–Crippen MR) is 75.5 cm³/mol. The summed E-state index contributed by atoms with van der Waals surface area (Å²) in [6, 6.07) is 2.00. The van der Waals surface area contributed by atoms with E-state index in [1.54, 1.807) is 0 Å². The summed E-state index contributed by atoms with van der Waals surface area (Å²) >= 11 is 0. The third-order valence-electron chi connectivity index (χ3n) is 5.62. The number of hydrogen-bond acceptors (Lipinski definition) is 3. The predicted octanol–water partition coefficient (Wildman–Crippen LogP) is 1.53. The number of rotatable bonds is 2. The van der Waals surface area contributed by atoms with Gasteiger partial charge in [0.1, 0.15) is 0 Å². The van der Waals surface area contributed by atoms with Gasteiger partial charge in [0.2, 0.25) is 0 Å². The van der Waals surface area contributed by atoms with E-state index in [2.05, 4.69) is 23.6 Å². The van der Waals surface area contributed by atoms with Crippen LogP contribution in [0.4, 0.5) is 0 Å². The highest BCUT2D eigenvalue weighted by atomic mass is 15.3. The Balaban J connectivity index is 1.59. The van der Waals surface area contributed by atoms with E-state index in [1.165, 1.54) is 51.9 Å². The SMILES string of the molecule is CC(C)N1CCC(N2CC3CCCC(N)C3C2)C1. The smallest absolute Gasteiger partial charge is 0.0235 e.